The molecule has 2 spiro atoms. The number of benzene rings is 1. The number of nitrogens with one attached hydrogen (secondary N) is 1. The molecule has 4 unspecified atom stereocenters. The van der Waals surface area contributed by atoms with Crippen molar-refractivity contribution in [3.05, 3.63) is 23.3 Å². The van der Waals surface area contributed by atoms with Crippen LogP contribution in [0.1, 0.15) is 64.5 Å². The van der Waals surface area contributed by atoms with Gasteiger partial charge in [0.2, 0.25) is 0 Å². The average molecular weight is 428 g/mol. The van der Waals surface area contributed by atoms with Crippen LogP contribution in [-0.2, 0) is 16.6 Å². The van der Waals surface area contributed by atoms with Gasteiger partial charge in [0.15, 0.2) is 11.5 Å². The Balaban J connectivity index is 1.64. The van der Waals surface area contributed by atoms with E-state index in [9.17, 15) is 5.11 Å². The third-order valence-electron chi connectivity index (χ3n) is 10.6. The van der Waals surface area contributed by atoms with E-state index in [0.29, 0.717) is 6.04 Å². The van der Waals surface area contributed by atoms with Crippen LogP contribution < -0.4 is 14.8 Å². The predicted molar refractivity (Wildman–Crippen MR) is 119 cm³/mol. The maximum absolute atomic E-state index is 12.0. The van der Waals surface area contributed by atoms with Crippen molar-refractivity contribution in [2.24, 2.45) is 16.7 Å². The molecule has 2 heterocycles. The Morgan fingerprint density at radius 3 is 2.58 bits per heavy atom. The molecule has 4 bridgehead atoms. The van der Waals surface area contributed by atoms with Gasteiger partial charge in [-0.1, -0.05) is 26.8 Å². The van der Waals surface area contributed by atoms with E-state index >= 15 is 0 Å². The molecule has 0 aromatic heterocycles. The quantitative estimate of drug-likeness (QED) is 0.772. The molecule has 4 fully saturated rings. The minimum absolute atomic E-state index is 0.00105. The van der Waals surface area contributed by atoms with Crippen molar-refractivity contribution in [2.45, 2.75) is 88.6 Å². The maximum atomic E-state index is 12.0. The Bertz CT molecular complexity index is 951. The Morgan fingerprint density at radius 2 is 1.90 bits per heavy atom. The second kappa shape index (κ2) is 5.78. The van der Waals surface area contributed by atoms with Crippen molar-refractivity contribution >= 4 is 0 Å². The van der Waals surface area contributed by atoms with Crippen molar-refractivity contribution in [2.75, 3.05) is 20.8 Å². The van der Waals surface area contributed by atoms with Gasteiger partial charge in [0.1, 0.15) is 11.7 Å². The van der Waals surface area contributed by atoms with Crippen molar-refractivity contribution in [3.8, 4) is 11.5 Å². The smallest absolute Gasteiger partial charge is 0.165 e. The zero-order chi connectivity index (χ0) is 22.0. The molecule has 0 radical (unpaired) electrons. The summed E-state index contributed by atoms with van der Waals surface area (Å²) in [6.07, 6.45) is 4.99. The van der Waals surface area contributed by atoms with Crippen LogP contribution in [0.3, 0.4) is 0 Å². The van der Waals surface area contributed by atoms with Crippen LogP contribution >= 0.6 is 0 Å². The highest BCUT2D eigenvalue weighted by Gasteiger charge is 2.81. The highest BCUT2D eigenvalue weighted by molar-refractivity contribution is 5.63. The third-order valence-corrected chi connectivity index (χ3v) is 10.6. The normalized spacial score (nSPS) is 43.8. The van der Waals surface area contributed by atoms with E-state index in [1.807, 2.05) is 14.0 Å². The second-order valence-electron chi connectivity index (χ2n) is 12.0. The van der Waals surface area contributed by atoms with Gasteiger partial charge in [-0.05, 0) is 62.6 Å². The van der Waals surface area contributed by atoms with Crippen LogP contribution in [0, 0.1) is 16.7 Å². The molecule has 1 aromatic carbocycles. The van der Waals surface area contributed by atoms with Gasteiger partial charge in [-0.25, -0.2) is 0 Å². The molecule has 3 saturated carbocycles. The van der Waals surface area contributed by atoms with Gasteiger partial charge in [-0.15, -0.1) is 0 Å². The van der Waals surface area contributed by atoms with Gasteiger partial charge in [0, 0.05) is 35.5 Å². The van der Waals surface area contributed by atoms with Crippen LogP contribution in [-0.4, -0.2) is 49.2 Å². The van der Waals surface area contributed by atoms with Gasteiger partial charge in [0.25, 0.3) is 0 Å². The number of fused-ring (bicyclic) bond motifs is 2. The van der Waals surface area contributed by atoms with E-state index in [2.05, 4.69) is 38.2 Å². The number of piperidine rings is 1. The van der Waals surface area contributed by atoms with Crippen molar-refractivity contribution < 1.29 is 19.3 Å². The second-order valence-corrected chi connectivity index (χ2v) is 12.0. The Hall–Kier alpha value is -1.30. The molecule has 5 heteroatoms. The molecule has 0 amide bonds. The standard InChI is InChI=1S/C26H37NO4/c1-22(2,3)23(4,28)17-14-24-9-10-26(17,30-6)21-25(24)11-12-27-18(24)13-15-7-8-16(29-5)20(31-21)19(15)25/h7-8,17-18,21,27-28H,9-14H2,1-6H3/t17?,18-,21-,23?,24?,25+,26?/m0/s1. The molecule has 7 rings (SSSR count). The summed E-state index contributed by atoms with van der Waals surface area (Å²) in [5.41, 5.74) is 1.13. The van der Waals surface area contributed by atoms with Crippen molar-refractivity contribution in [3.63, 3.8) is 0 Å². The third kappa shape index (κ3) is 1.98. The van der Waals surface area contributed by atoms with E-state index < -0.39 is 11.2 Å². The lowest BCUT2D eigenvalue weighted by Crippen LogP contribution is -2.83. The lowest BCUT2D eigenvalue weighted by atomic mass is 9.33. The van der Waals surface area contributed by atoms with E-state index in [-0.39, 0.29) is 28.3 Å². The summed E-state index contributed by atoms with van der Waals surface area (Å²) >= 11 is 0. The molecule has 2 N–H and O–H groups in total. The Labute approximate surface area is 185 Å². The Kier molecular flexibility index (Phi) is 3.79. The first-order valence-electron chi connectivity index (χ1n) is 12.0. The zero-order valence-corrected chi connectivity index (χ0v) is 19.8. The molecule has 170 valence electrons. The van der Waals surface area contributed by atoms with Crippen molar-refractivity contribution in [1.82, 2.24) is 5.32 Å². The number of rotatable bonds is 3. The van der Waals surface area contributed by atoms with Gasteiger partial charge < -0.3 is 24.6 Å². The molecular formula is C26H37NO4. The lowest BCUT2D eigenvalue weighted by Gasteiger charge is -2.74. The molecule has 31 heavy (non-hydrogen) atoms. The monoisotopic (exact) mass is 427 g/mol. The highest BCUT2D eigenvalue weighted by Crippen LogP contribution is 2.77. The molecule has 2 aliphatic heterocycles. The number of methoxy groups -OCH3 is 2. The zero-order valence-electron chi connectivity index (χ0n) is 19.8. The fourth-order valence-electron chi connectivity index (χ4n) is 8.68. The Morgan fingerprint density at radius 1 is 1.13 bits per heavy atom. The summed E-state index contributed by atoms with van der Waals surface area (Å²) in [6.45, 7) is 9.48. The minimum Gasteiger partial charge on any atom is -0.493 e. The number of hydrogen-bond donors (Lipinski definition) is 2. The van der Waals surface area contributed by atoms with E-state index in [4.69, 9.17) is 14.2 Å². The first-order valence-corrected chi connectivity index (χ1v) is 12.0. The fourth-order valence-corrected chi connectivity index (χ4v) is 8.68. The van der Waals surface area contributed by atoms with Gasteiger partial charge >= 0.3 is 0 Å². The summed E-state index contributed by atoms with van der Waals surface area (Å²) < 4.78 is 19.3. The molecule has 5 nitrogen and oxygen atoms in total. The topological polar surface area (TPSA) is 60.0 Å². The van der Waals surface area contributed by atoms with Crippen LogP contribution in [0.25, 0.3) is 0 Å². The van der Waals surface area contributed by atoms with Crippen molar-refractivity contribution in [1.29, 1.82) is 0 Å². The molecular weight excluding hydrogens is 390 g/mol. The molecule has 4 aliphatic carbocycles. The molecule has 6 aliphatic rings. The van der Waals surface area contributed by atoms with Crippen LogP contribution in [0.4, 0.5) is 0 Å². The SMILES string of the molecule is COc1ccc2c3c1O[C@@H]1C4(OC)CCC5(CC4C(C)(O)C(C)(C)C)[C@H](C2)NCC[C@@]315. The summed E-state index contributed by atoms with van der Waals surface area (Å²) in [7, 11) is 3.57. The van der Waals surface area contributed by atoms with Gasteiger partial charge in [-0.2, -0.15) is 0 Å². The van der Waals surface area contributed by atoms with E-state index in [0.717, 1.165) is 50.1 Å². The summed E-state index contributed by atoms with van der Waals surface area (Å²) in [5.74, 6) is 1.77. The first kappa shape index (κ1) is 20.3. The van der Waals surface area contributed by atoms with Crippen LogP contribution in [0.15, 0.2) is 12.1 Å². The molecule has 1 aromatic rings. The predicted octanol–water partition coefficient (Wildman–Crippen LogP) is 3.59. The minimum atomic E-state index is -0.880. The fraction of sp³-hybridized carbons (Fsp3) is 0.769. The van der Waals surface area contributed by atoms with E-state index in [1.54, 1.807) is 7.11 Å². The average Bonchev–Trinajstić information content (AvgIpc) is 3.09. The largest absolute Gasteiger partial charge is 0.493 e. The summed E-state index contributed by atoms with van der Waals surface area (Å²) in [4.78, 5) is 0. The number of aliphatic hydroxyl groups is 1. The first-order chi connectivity index (χ1) is 14.6. The number of hydrogen-bond acceptors (Lipinski definition) is 5. The van der Waals surface area contributed by atoms with Gasteiger partial charge in [-0.3, -0.25) is 0 Å². The maximum Gasteiger partial charge on any atom is 0.165 e. The lowest BCUT2D eigenvalue weighted by molar-refractivity contribution is -0.303. The molecule has 1 saturated heterocycles. The number of ether oxygens (including phenoxy) is 3. The van der Waals surface area contributed by atoms with E-state index in [1.165, 1.54) is 11.1 Å². The highest BCUT2D eigenvalue weighted by atomic mass is 16.6. The van der Waals surface area contributed by atoms with Gasteiger partial charge in [0.05, 0.1) is 12.7 Å². The summed E-state index contributed by atoms with van der Waals surface area (Å²) in [5, 5.41) is 15.9. The molecule has 7 atom stereocenters. The van der Waals surface area contributed by atoms with Crippen LogP contribution in [0.2, 0.25) is 0 Å². The van der Waals surface area contributed by atoms with Crippen LogP contribution in [0.5, 0.6) is 11.5 Å². The summed E-state index contributed by atoms with van der Waals surface area (Å²) in [6, 6.07) is 4.73.